The van der Waals surface area contributed by atoms with E-state index in [1.807, 2.05) is 71.0 Å². The number of rotatable bonds is 4. The van der Waals surface area contributed by atoms with E-state index in [2.05, 4.69) is 5.16 Å². The molecule has 0 N–H and O–H groups in total. The molecule has 5 rings (SSSR count). The summed E-state index contributed by atoms with van der Waals surface area (Å²) in [5.74, 6) is -1.41. The van der Waals surface area contributed by atoms with E-state index in [9.17, 15) is 0 Å². The van der Waals surface area contributed by atoms with Crippen LogP contribution in [-0.2, 0) is 33.3 Å². The zero-order valence-electron chi connectivity index (χ0n) is 18.4. The lowest BCUT2D eigenvalue weighted by molar-refractivity contribution is -0.281. The monoisotopic (exact) mass is 431 g/mol. The van der Waals surface area contributed by atoms with E-state index >= 15 is 0 Å². The highest BCUT2D eigenvalue weighted by atomic mass is 16.9. The number of oxime groups is 1. The Morgan fingerprint density at radius 3 is 2.35 bits per heavy atom. The molecule has 0 amide bonds. The van der Waals surface area contributed by atoms with Crippen molar-refractivity contribution in [3.05, 3.63) is 47.5 Å². The average molecular weight is 431 g/mol. The maximum atomic E-state index is 6.23. The Hall–Kier alpha value is -1.81. The summed E-state index contributed by atoms with van der Waals surface area (Å²) >= 11 is 0. The van der Waals surface area contributed by atoms with Gasteiger partial charge in [-0.05, 0) is 46.3 Å². The van der Waals surface area contributed by atoms with Gasteiger partial charge in [-0.2, -0.15) is 0 Å². The summed E-state index contributed by atoms with van der Waals surface area (Å²) in [6.45, 7) is 9.90. The lowest BCUT2D eigenvalue weighted by atomic mass is 10.1. The molecule has 1 aromatic rings. The van der Waals surface area contributed by atoms with Gasteiger partial charge in [0.05, 0.1) is 6.61 Å². The highest BCUT2D eigenvalue weighted by Crippen LogP contribution is 2.43. The second kappa shape index (κ2) is 7.65. The Labute approximate surface area is 182 Å². The molecule has 31 heavy (non-hydrogen) atoms. The highest BCUT2D eigenvalue weighted by Gasteiger charge is 2.60. The summed E-state index contributed by atoms with van der Waals surface area (Å²) in [7, 11) is 0. The van der Waals surface area contributed by atoms with Crippen molar-refractivity contribution in [1.82, 2.24) is 0 Å². The van der Waals surface area contributed by atoms with Gasteiger partial charge in [0.15, 0.2) is 17.9 Å². The standard InChI is InChI=1S/C23H29NO7/c1-13-11-15(14-9-7-6-8-10-14)24-31-20(13)27-21-19-18(29-23(4,5)30-19)17(26-21)16-12-25-22(2,3)28-16/h6-11,16-21H,12H2,1-5H3/t16-,17+,18-,19-,20?,21+/m0/s1. The fourth-order valence-electron chi connectivity index (χ4n) is 4.37. The zero-order chi connectivity index (χ0) is 21.8. The van der Waals surface area contributed by atoms with Crippen LogP contribution in [0.4, 0.5) is 0 Å². The molecule has 4 heterocycles. The fraction of sp³-hybridized carbons (Fsp3) is 0.609. The second-order valence-electron chi connectivity index (χ2n) is 9.21. The molecule has 0 radical (unpaired) electrons. The molecule has 0 bridgehead atoms. The van der Waals surface area contributed by atoms with Crippen molar-refractivity contribution in [3.8, 4) is 0 Å². The summed E-state index contributed by atoms with van der Waals surface area (Å²) < 4.78 is 36.4. The lowest BCUT2D eigenvalue weighted by Gasteiger charge is -2.29. The molecule has 1 unspecified atom stereocenters. The average Bonchev–Trinajstić information content (AvgIpc) is 3.34. The number of benzene rings is 1. The van der Waals surface area contributed by atoms with Crippen LogP contribution in [0.1, 0.15) is 40.2 Å². The van der Waals surface area contributed by atoms with E-state index < -0.39 is 30.3 Å². The molecule has 0 aliphatic carbocycles. The van der Waals surface area contributed by atoms with Crippen molar-refractivity contribution in [2.24, 2.45) is 5.16 Å². The third kappa shape index (κ3) is 4.16. The number of fused-ring (bicyclic) bond motifs is 1. The van der Waals surface area contributed by atoms with E-state index in [0.717, 1.165) is 16.8 Å². The van der Waals surface area contributed by atoms with Crippen LogP contribution in [0.3, 0.4) is 0 Å². The van der Waals surface area contributed by atoms with E-state index in [0.29, 0.717) is 6.61 Å². The van der Waals surface area contributed by atoms with E-state index in [1.165, 1.54) is 0 Å². The number of allylic oxidation sites excluding steroid dienone is 1. The largest absolute Gasteiger partial charge is 0.358 e. The van der Waals surface area contributed by atoms with Gasteiger partial charge in [0.25, 0.3) is 6.29 Å². The molecule has 0 saturated carbocycles. The molecule has 1 aromatic carbocycles. The van der Waals surface area contributed by atoms with Crippen LogP contribution < -0.4 is 0 Å². The van der Waals surface area contributed by atoms with Crippen LogP contribution in [-0.4, -0.2) is 60.9 Å². The van der Waals surface area contributed by atoms with E-state index in [1.54, 1.807) is 0 Å². The van der Waals surface area contributed by atoms with Crippen LogP contribution in [0.25, 0.3) is 0 Å². The maximum absolute atomic E-state index is 6.23. The van der Waals surface area contributed by atoms with Crippen molar-refractivity contribution in [2.75, 3.05) is 6.61 Å². The molecule has 6 atom stereocenters. The van der Waals surface area contributed by atoms with E-state index in [4.69, 9.17) is 33.3 Å². The van der Waals surface area contributed by atoms with Gasteiger partial charge in [-0.1, -0.05) is 35.5 Å². The van der Waals surface area contributed by atoms with Crippen molar-refractivity contribution < 1.29 is 33.3 Å². The number of hydrogen-bond donors (Lipinski definition) is 0. The normalized spacial score (nSPS) is 38.4. The molecule has 3 saturated heterocycles. The third-order valence-corrected chi connectivity index (χ3v) is 5.75. The number of ether oxygens (including phenoxy) is 6. The van der Waals surface area contributed by atoms with Gasteiger partial charge in [-0.25, -0.2) is 0 Å². The maximum Gasteiger partial charge on any atom is 0.251 e. The van der Waals surface area contributed by atoms with E-state index in [-0.39, 0.29) is 18.3 Å². The molecule has 3 fully saturated rings. The molecule has 168 valence electrons. The van der Waals surface area contributed by atoms with Crippen LogP contribution >= 0.6 is 0 Å². The van der Waals surface area contributed by atoms with Gasteiger partial charge >= 0.3 is 0 Å². The molecule has 4 aliphatic rings. The first kappa shape index (κ1) is 21.1. The topological polar surface area (TPSA) is 77.0 Å². The first-order chi connectivity index (χ1) is 14.7. The van der Waals surface area contributed by atoms with Gasteiger partial charge in [0.2, 0.25) is 0 Å². The first-order valence-electron chi connectivity index (χ1n) is 10.7. The Balaban J connectivity index is 1.30. The van der Waals surface area contributed by atoms with Gasteiger partial charge in [-0.3, -0.25) is 0 Å². The summed E-state index contributed by atoms with van der Waals surface area (Å²) in [5, 5.41) is 4.25. The quantitative estimate of drug-likeness (QED) is 0.725. The van der Waals surface area contributed by atoms with Crippen molar-refractivity contribution in [3.63, 3.8) is 0 Å². The Bertz CT molecular complexity index is 881. The second-order valence-corrected chi connectivity index (χ2v) is 9.21. The third-order valence-electron chi connectivity index (χ3n) is 5.75. The van der Waals surface area contributed by atoms with Gasteiger partial charge in [0.1, 0.15) is 30.1 Å². The minimum atomic E-state index is -0.745. The van der Waals surface area contributed by atoms with Gasteiger partial charge in [0, 0.05) is 5.56 Å². The Morgan fingerprint density at radius 2 is 1.68 bits per heavy atom. The molecule has 8 nitrogen and oxygen atoms in total. The molecule has 8 heteroatoms. The summed E-state index contributed by atoms with van der Waals surface area (Å²) in [6, 6.07) is 9.86. The summed E-state index contributed by atoms with van der Waals surface area (Å²) in [4.78, 5) is 5.68. The SMILES string of the molecule is CC1=CC(c2ccccc2)=NOC1O[C@H]1O[C@H]([C@@H]2COC(C)(C)O2)[C@@H]2OC(C)(C)O[C@H]12. The van der Waals surface area contributed by atoms with Crippen molar-refractivity contribution in [1.29, 1.82) is 0 Å². The van der Waals surface area contributed by atoms with Crippen molar-refractivity contribution in [2.45, 2.75) is 83.2 Å². The van der Waals surface area contributed by atoms with Crippen LogP contribution in [0.15, 0.2) is 47.1 Å². The first-order valence-corrected chi connectivity index (χ1v) is 10.7. The highest BCUT2D eigenvalue weighted by molar-refractivity contribution is 6.09. The van der Waals surface area contributed by atoms with Crippen LogP contribution in [0, 0.1) is 0 Å². The zero-order valence-corrected chi connectivity index (χ0v) is 18.4. The van der Waals surface area contributed by atoms with Crippen LogP contribution in [0.5, 0.6) is 0 Å². The Kier molecular flexibility index (Phi) is 5.20. The molecule has 4 aliphatic heterocycles. The predicted octanol–water partition coefficient (Wildman–Crippen LogP) is 3.11. The molecular formula is C23H29NO7. The van der Waals surface area contributed by atoms with Gasteiger partial charge in [-0.15, -0.1) is 0 Å². The Morgan fingerprint density at radius 1 is 0.935 bits per heavy atom. The lowest BCUT2D eigenvalue weighted by Crippen LogP contribution is -2.40. The fourth-order valence-corrected chi connectivity index (χ4v) is 4.37. The summed E-state index contributed by atoms with van der Waals surface area (Å²) in [6.07, 6.45) is -0.816. The minimum Gasteiger partial charge on any atom is -0.358 e. The predicted molar refractivity (Wildman–Crippen MR) is 110 cm³/mol. The van der Waals surface area contributed by atoms with Crippen LogP contribution in [0.2, 0.25) is 0 Å². The minimum absolute atomic E-state index is 0.278. The molecular weight excluding hydrogens is 402 g/mol. The molecule has 0 aromatic heterocycles. The smallest absolute Gasteiger partial charge is 0.251 e. The number of nitrogens with zero attached hydrogens (tertiary/aromatic N) is 1. The van der Waals surface area contributed by atoms with Gasteiger partial charge < -0.3 is 33.3 Å². The van der Waals surface area contributed by atoms with Crippen molar-refractivity contribution >= 4 is 5.71 Å². The summed E-state index contributed by atoms with van der Waals surface area (Å²) in [5.41, 5.74) is 2.62. The number of hydrogen-bond acceptors (Lipinski definition) is 8. The molecule has 0 spiro atoms.